The van der Waals surface area contributed by atoms with Crippen molar-refractivity contribution < 1.29 is 12.8 Å². The summed E-state index contributed by atoms with van der Waals surface area (Å²) < 4.78 is 38.8. The quantitative estimate of drug-likeness (QED) is 0.861. The molecule has 0 unspecified atom stereocenters. The zero-order valence-electron chi connectivity index (χ0n) is 8.96. The Labute approximate surface area is 89.4 Å². The summed E-state index contributed by atoms with van der Waals surface area (Å²) in [5.74, 6) is -0.533. The largest absolute Gasteiger partial charge is 0.240 e. The molecule has 0 aliphatic carbocycles. The van der Waals surface area contributed by atoms with E-state index in [4.69, 9.17) is 0 Å². The maximum Gasteiger partial charge on any atom is 0.240 e. The first-order valence-corrected chi connectivity index (χ1v) is 6.13. The van der Waals surface area contributed by atoms with Gasteiger partial charge in [0, 0.05) is 6.54 Å². The number of hydrogen-bond donors (Lipinski definition) is 1. The summed E-state index contributed by atoms with van der Waals surface area (Å²) in [5.41, 5.74) is 1.21. The third-order valence-electron chi connectivity index (χ3n) is 2.21. The molecule has 15 heavy (non-hydrogen) atoms. The van der Waals surface area contributed by atoms with E-state index >= 15 is 0 Å². The minimum atomic E-state index is -3.58. The van der Waals surface area contributed by atoms with E-state index in [0.717, 1.165) is 6.07 Å². The highest BCUT2D eigenvalue weighted by Crippen LogP contribution is 2.19. The van der Waals surface area contributed by atoms with Crippen LogP contribution in [0, 0.1) is 19.7 Å². The molecule has 0 aliphatic rings. The van der Waals surface area contributed by atoms with E-state index < -0.39 is 15.8 Å². The summed E-state index contributed by atoms with van der Waals surface area (Å²) in [5, 5.41) is 0. The predicted molar refractivity (Wildman–Crippen MR) is 56.7 cm³/mol. The van der Waals surface area contributed by atoms with Gasteiger partial charge in [0.25, 0.3) is 0 Å². The number of rotatable bonds is 3. The second kappa shape index (κ2) is 4.28. The molecule has 84 valence electrons. The first-order valence-electron chi connectivity index (χ1n) is 4.65. The average molecular weight is 231 g/mol. The van der Waals surface area contributed by atoms with Gasteiger partial charge in [-0.1, -0.05) is 6.92 Å². The molecule has 1 rings (SSSR count). The molecule has 0 aliphatic heterocycles. The highest BCUT2D eigenvalue weighted by atomic mass is 32.2. The monoisotopic (exact) mass is 231 g/mol. The van der Waals surface area contributed by atoms with Crippen LogP contribution in [-0.2, 0) is 10.0 Å². The standard InChI is InChI=1S/C10H14FNO2S/c1-4-12-15(13,14)10-6-9(11)5-7(2)8(10)3/h5-6,12H,4H2,1-3H3. The van der Waals surface area contributed by atoms with Crippen LogP contribution in [0.15, 0.2) is 17.0 Å². The Kier molecular flexibility index (Phi) is 3.46. The van der Waals surface area contributed by atoms with Crippen molar-refractivity contribution in [3.8, 4) is 0 Å². The Morgan fingerprint density at radius 1 is 1.33 bits per heavy atom. The molecule has 5 heteroatoms. The van der Waals surface area contributed by atoms with Crippen molar-refractivity contribution in [1.29, 1.82) is 0 Å². The average Bonchev–Trinajstić information content (AvgIpc) is 2.11. The van der Waals surface area contributed by atoms with Crippen molar-refractivity contribution in [2.75, 3.05) is 6.54 Å². The van der Waals surface area contributed by atoms with Crippen molar-refractivity contribution in [3.05, 3.63) is 29.1 Å². The van der Waals surface area contributed by atoms with Gasteiger partial charge >= 0.3 is 0 Å². The van der Waals surface area contributed by atoms with E-state index in [2.05, 4.69) is 4.72 Å². The van der Waals surface area contributed by atoms with E-state index in [0.29, 0.717) is 11.1 Å². The zero-order valence-corrected chi connectivity index (χ0v) is 9.78. The van der Waals surface area contributed by atoms with E-state index in [9.17, 15) is 12.8 Å². The van der Waals surface area contributed by atoms with Crippen LogP contribution in [-0.4, -0.2) is 15.0 Å². The van der Waals surface area contributed by atoms with Crippen molar-refractivity contribution in [2.45, 2.75) is 25.7 Å². The molecular weight excluding hydrogens is 217 g/mol. The lowest BCUT2D eigenvalue weighted by atomic mass is 10.1. The molecular formula is C10H14FNO2S. The van der Waals surface area contributed by atoms with E-state index in [1.807, 2.05) is 0 Å². The fourth-order valence-corrected chi connectivity index (χ4v) is 2.70. The molecule has 1 aromatic carbocycles. The van der Waals surface area contributed by atoms with Gasteiger partial charge in [-0.05, 0) is 37.1 Å². The normalized spacial score (nSPS) is 11.7. The van der Waals surface area contributed by atoms with Gasteiger partial charge in [0.15, 0.2) is 0 Å². The molecule has 0 fully saturated rings. The fourth-order valence-electron chi connectivity index (χ4n) is 1.33. The van der Waals surface area contributed by atoms with Gasteiger partial charge < -0.3 is 0 Å². The van der Waals surface area contributed by atoms with Crippen LogP contribution < -0.4 is 4.72 Å². The Hall–Kier alpha value is -0.940. The molecule has 0 amide bonds. The summed E-state index contributed by atoms with van der Waals surface area (Å²) >= 11 is 0. The van der Waals surface area contributed by atoms with Gasteiger partial charge in [0.05, 0.1) is 4.90 Å². The summed E-state index contributed by atoms with van der Waals surface area (Å²) in [6.45, 7) is 5.32. The Bertz CT molecular complexity index is 469. The van der Waals surface area contributed by atoms with Crippen molar-refractivity contribution >= 4 is 10.0 Å². The number of nitrogens with one attached hydrogen (secondary N) is 1. The molecule has 3 nitrogen and oxygen atoms in total. The smallest absolute Gasteiger partial charge is 0.211 e. The maximum absolute atomic E-state index is 13.1. The number of hydrogen-bond acceptors (Lipinski definition) is 2. The topological polar surface area (TPSA) is 46.2 Å². The van der Waals surface area contributed by atoms with Crippen LogP contribution in [0.4, 0.5) is 4.39 Å². The minimum Gasteiger partial charge on any atom is -0.211 e. The van der Waals surface area contributed by atoms with Gasteiger partial charge in [0.1, 0.15) is 5.82 Å². The SMILES string of the molecule is CCNS(=O)(=O)c1cc(F)cc(C)c1C. The van der Waals surface area contributed by atoms with Crippen molar-refractivity contribution in [3.63, 3.8) is 0 Å². The maximum atomic E-state index is 13.1. The minimum absolute atomic E-state index is 0.0156. The van der Waals surface area contributed by atoms with E-state index in [1.54, 1.807) is 20.8 Å². The highest BCUT2D eigenvalue weighted by molar-refractivity contribution is 7.89. The lowest BCUT2D eigenvalue weighted by molar-refractivity contribution is 0.578. The number of sulfonamides is 1. The Morgan fingerprint density at radius 2 is 1.93 bits per heavy atom. The highest BCUT2D eigenvalue weighted by Gasteiger charge is 2.17. The van der Waals surface area contributed by atoms with Gasteiger partial charge in [-0.25, -0.2) is 17.5 Å². The van der Waals surface area contributed by atoms with Crippen molar-refractivity contribution in [2.24, 2.45) is 0 Å². The van der Waals surface area contributed by atoms with Crippen LogP contribution in [0.3, 0.4) is 0 Å². The molecule has 0 radical (unpaired) electrons. The van der Waals surface area contributed by atoms with Gasteiger partial charge in [-0.15, -0.1) is 0 Å². The second-order valence-electron chi connectivity index (χ2n) is 3.35. The summed E-state index contributed by atoms with van der Waals surface area (Å²) in [6, 6.07) is 2.36. The van der Waals surface area contributed by atoms with Crippen LogP contribution >= 0.6 is 0 Å². The summed E-state index contributed by atoms with van der Waals surface area (Å²) in [6.07, 6.45) is 0. The lowest BCUT2D eigenvalue weighted by Crippen LogP contribution is -2.24. The van der Waals surface area contributed by atoms with E-state index in [1.165, 1.54) is 6.07 Å². The first-order chi connectivity index (χ1) is 6.88. The van der Waals surface area contributed by atoms with Crippen LogP contribution in [0.25, 0.3) is 0 Å². The number of aryl methyl sites for hydroxylation is 1. The zero-order chi connectivity index (χ0) is 11.6. The molecule has 0 saturated carbocycles. The number of halogens is 1. The van der Waals surface area contributed by atoms with Gasteiger partial charge in [-0.2, -0.15) is 0 Å². The molecule has 1 N–H and O–H groups in total. The third kappa shape index (κ3) is 2.54. The third-order valence-corrected chi connectivity index (χ3v) is 3.88. The predicted octanol–water partition coefficient (Wildman–Crippen LogP) is 1.74. The Balaban J connectivity index is 3.38. The van der Waals surface area contributed by atoms with Crippen LogP contribution in [0.1, 0.15) is 18.1 Å². The van der Waals surface area contributed by atoms with Crippen LogP contribution in [0.5, 0.6) is 0 Å². The van der Waals surface area contributed by atoms with E-state index in [-0.39, 0.29) is 11.4 Å². The molecule has 0 saturated heterocycles. The van der Waals surface area contributed by atoms with Gasteiger partial charge in [-0.3, -0.25) is 0 Å². The molecule has 0 heterocycles. The Morgan fingerprint density at radius 3 is 2.47 bits per heavy atom. The van der Waals surface area contributed by atoms with Crippen molar-refractivity contribution in [1.82, 2.24) is 4.72 Å². The molecule has 0 spiro atoms. The molecule has 0 aromatic heterocycles. The lowest BCUT2D eigenvalue weighted by Gasteiger charge is -2.10. The fraction of sp³-hybridized carbons (Fsp3) is 0.400. The number of benzene rings is 1. The molecule has 1 aromatic rings. The molecule has 0 atom stereocenters. The summed E-state index contributed by atoms with van der Waals surface area (Å²) in [4.78, 5) is 0.0156. The summed E-state index contributed by atoms with van der Waals surface area (Å²) in [7, 11) is -3.58. The van der Waals surface area contributed by atoms with Gasteiger partial charge in [0.2, 0.25) is 10.0 Å². The second-order valence-corrected chi connectivity index (χ2v) is 5.08. The van der Waals surface area contributed by atoms with Crippen LogP contribution in [0.2, 0.25) is 0 Å². The molecule has 0 bridgehead atoms. The first kappa shape index (κ1) is 12.1.